The van der Waals surface area contributed by atoms with Gasteiger partial charge >= 0.3 is 0 Å². The highest BCUT2D eigenvalue weighted by atomic mass is 35.5. The monoisotopic (exact) mass is 540 g/mol. The van der Waals surface area contributed by atoms with E-state index in [0.717, 1.165) is 18.4 Å². The number of hydrogen-bond acceptors (Lipinski definition) is 7. The van der Waals surface area contributed by atoms with Crippen molar-refractivity contribution in [2.24, 2.45) is 0 Å². The number of benzene rings is 1. The second kappa shape index (κ2) is 10.6. The lowest BCUT2D eigenvalue weighted by Crippen LogP contribution is -2.57. The van der Waals surface area contributed by atoms with Gasteiger partial charge in [0.2, 0.25) is 11.9 Å². The van der Waals surface area contributed by atoms with Crippen LogP contribution in [0, 0.1) is 0 Å². The number of nitrogens with one attached hydrogen (secondary N) is 3. The van der Waals surface area contributed by atoms with Crippen LogP contribution in [0.2, 0.25) is 15.1 Å². The van der Waals surface area contributed by atoms with Crippen molar-refractivity contribution in [3.8, 4) is 0 Å². The van der Waals surface area contributed by atoms with E-state index in [9.17, 15) is 9.90 Å². The Bertz CT molecular complexity index is 1090. The average Bonchev–Trinajstić information content (AvgIpc) is 3.16. The molecule has 1 aromatic carbocycles. The minimum absolute atomic E-state index is 0.0436. The fraction of sp³-hybridized carbons (Fsp3) is 0.542. The van der Waals surface area contributed by atoms with E-state index < -0.39 is 6.10 Å². The molecule has 0 aliphatic carbocycles. The van der Waals surface area contributed by atoms with Gasteiger partial charge in [-0.2, -0.15) is 4.98 Å². The van der Waals surface area contributed by atoms with Gasteiger partial charge in [-0.3, -0.25) is 4.79 Å². The molecule has 4 N–H and O–H groups in total. The lowest BCUT2D eigenvalue weighted by molar-refractivity contribution is -0.124. The third-order valence-electron chi connectivity index (χ3n) is 6.65. The summed E-state index contributed by atoms with van der Waals surface area (Å²) in [5.74, 6) is 0.863. The SMILES string of the molecule is C[C@@H](Nc1nc(N2CC[C@H](NC(=O)[C@H]3CCC(C)(C)N3)[C@@H](O)C2)ncc1Cl)c1ccc(Cl)cc1Cl. The summed E-state index contributed by atoms with van der Waals surface area (Å²) in [6, 6.07) is 4.61. The molecule has 3 heterocycles. The quantitative estimate of drug-likeness (QED) is 0.435. The number of hydrogen-bond donors (Lipinski definition) is 4. The van der Waals surface area contributed by atoms with Crippen molar-refractivity contribution in [3.05, 3.63) is 45.0 Å². The number of nitrogens with zero attached hydrogens (tertiary/aromatic N) is 3. The van der Waals surface area contributed by atoms with Crippen LogP contribution in [0.3, 0.4) is 0 Å². The van der Waals surface area contributed by atoms with Gasteiger partial charge in [0.25, 0.3) is 0 Å². The first kappa shape index (κ1) is 26.2. The van der Waals surface area contributed by atoms with E-state index in [-0.39, 0.29) is 29.6 Å². The molecule has 4 atom stereocenters. The second-order valence-electron chi connectivity index (χ2n) is 9.94. The highest BCUT2D eigenvalue weighted by Crippen LogP contribution is 2.31. The van der Waals surface area contributed by atoms with Crippen molar-refractivity contribution >= 4 is 52.5 Å². The van der Waals surface area contributed by atoms with Crippen molar-refractivity contribution in [2.75, 3.05) is 23.3 Å². The Morgan fingerprint density at radius 1 is 1.26 bits per heavy atom. The van der Waals surface area contributed by atoms with E-state index in [1.165, 1.54) is 6.20 Å². The summed E-state index contributed by atoms with van der Waals surface area (Å²) in [4.78, 5) is 23.5. The summed E-state index contributed by atoms with van der Waals surface area (Å²) in [6.45, 7) is 7.02. The number of halogens is 3. The molecule has 1 amide bonds. The number of amides is 1. The lowest BCUT2D eigenvalue weighted by atomic mass is 10.0. The number of β-amino-alcohol motifs (C(OH)–C–C–N with tert-alkyl or cyclic N) is 1. The van der Waals surface area contributed by atoms with Crippen molar-refractivity contribution in [1.82, 2.24) is 20.6 Å². The molecule has 2 fully saturated rings. The zero-order valence-corrected chi connectivity index (χ0v) is 22.3. The van der Waals surface area contributed by atoms with Crippen LogP contribution in [-0.4, -0.2) is 57.8 Å². The van der Waals surface area contributed by atoms with Gasteiger partial charge in [0, 0.05) is 28.7 Å². The van der Waals surface area contributed by atoms with Crippen LogP contribution >= 0.6 is 34.8 Å². The normalized spacial score (nSPS) is 24.8. The molecule has 2 aliphatic heterocycles. The number of anilines is 2. The summed E-state index contributed by atoms with van der Waals surface area (Å²) < 4.78 is 0. The zero-order valence-electron chi connectivity index (χ0n) is 20.0. The number of aliphatic hydroxyl groups is 1. The summed E-state index contributed by atoms with van der Waals surface area (Å²) in [7, 11) is 0. The summed E-state index contributed by atoms with van der Waals surface area (Å²) in [5.41, 5.74) is 0.817. The number of rotatable bonds is 6. The van der Waals surface area contributed by atoms with Gasteiger partial charge < -0.3 is 26.0 Å². The van der Waals surface area contributed by atoms with E-state index in [2.05, 4.69) is 39.8 Å². The number of carbonyl (C=O) groups excluding carboxylic acids is 1. The second-order valence-corrected chi connectivity index (χ2v) is 11.2. The molecule has 190 valence electrons. The first-order chi connectivity index (χ1) is 16.5. The molecule has 0 unspecified atom stereocenters. The van der Waals surface area contributed by atoms with Crippen LogP contribution in [-0.2, 0) is 4.79 Å². The van der Waals surface area contributed by atoms with E-state index in [1.807, 2.05) is 17.9 Å². The molecular formula is C24H31Cl3N6O2. The molecule has 2 aromatic rings. The molecule has 11 heteroatoms. The number of piperidine rings is 1. The Morgan fingerprint density at radius 2 is 2.03 bits per heavy atom. The van der Waals surface area contributed by atoms with Gasteiger partial charge in [-0.05, 0) is 57.7 Å². The minimum Gasteiger partial charge on any atom is -0.389 e. The maximum Gasteiger partial charge on any atom is 0.237 e. The number of aromatic nitrogens is 2. The van der Waals surface area contributed by atoms with Crippen LogP contribution in [0.15, 0.2) is 24.4 Å². The molecule has 8 nitrogen and oxygen atoms in total. The van der Waals surface area contributed by atoms with Crippen molar-refractivity contribution in [1.29, 1.82) is 0 Å². The highest BCUT2D eigenvalue weighted by Gasteiger charge is 2.37. The van der Waals surface area contributed by atoms with Crippen LogP contribution in [0.25, 0.3) is 0 Å². The molecule has 0 saturated carbocycles. The molecule has 1 aromatic heterocycles. The van der Waals surface area contributed by atoms with Gasteiger partial charge in [-0.25, -0.2) is 4.98 Å². The van der Waals surface area contributed by atoms with Gasteiger partial charge in [-0.15, -0.1) is 0 Å². The first-order valence-electron chi connectivity index (χ1n) is 11.8. The van der Waals surface area contributed by atoms with E-state index in [4.69, 9.17) is 34.8 Å². The zero-order chi connectivity index (χ0) is 25.3. The third kappa shape index (κ3) is 6.30. The Balaban J connectivity index is 1.38. The third-order valence-corrected chi connectivity index (χ3v) is 7.48. The summed E-state index contributed by atoms with van der Waals surface area (Å²) >= 11 is 18.7. The maximum atomic E-state index is 12.7. The smallest absolute Gasteiger partial charge is 0.237 e. The average molecular weight is 542 g/mol. The van der Waals surface area contributed by atoms with Gasteiger partial charge in [0.1, 0.15) is 5.02 Å². The van der Waals surface area contributed by atoms with E-state index in [0.29, 0.717) is 46.3 Å². The van der Waals surface area contributed by atoms with Crippen molar-refractivity contribution in [2.45, 2.75) is 69.8 Å². The Labute approximate surface area is 220 Å². The van der Waals surface area contributed by atoms with E-state index in [1.54, 1.807) is 12.1 Å². The van der Waals surface area contributed by atoms with E-state index >= 15 is 0 Å². The largest absolute Gasteiger partial charge is 0.389 e. The Kier molecular flexibility index (Phi) is 7.98. The van der Waals surface area contributed by atoms with Crippen molar-refractivity contribution < 1.29 is 9.90 Å². The summed E-state index contributed by atoms with van der Waals surface area (Å²) in [6.07, 6.45) is 3.11. The van der Waals surface area contributed by atoms with Crippen LogP contribution in [0.1, 0.15) is 51.6 Å². The molecular weight excluding hydrogens is 511 g/mol. The topological polar surface area (TPSA) is 102 Å². The molecule has 4 rings (SSSR count). The minimum atomic E-state index is -0.746. The van der Waals surface area contributed by atoms with Gasteiger partial charge in [0.05, 0.1) is 30.4 Å². The predicted octanol–water partition coefficient (Wildman–Crippen LogP) is 4.20. The standard InChI is InChI=1S/C24H31Cl3N6O2/c1-13(15-5-4-14(25)10-16(15)26)29-21-17(27)11-28-23(31-21)33-9-7-18(20(34)12-33)30-22(35)19-6-8-24(2,3)32-19/h4-5,10-11,13,18-20,32,34H,6-9,12H2,1-3H3,(H,30,35)(H,28,29,31)/t13-,18+,19-,20+/m1/s1. The van der Waals surface area contributed by atoms with Gasteiger partial charge in [0.15, 0.2) is 5.82 Å². The number of carbonyl (C=O) groups is 1. The lowest BCUT2D eigenvalue weighted by Gasteiger charge is -2.37. The molecule has 0 radical (unpaired) electrons. The van der Waals surface area contributed by atoms with Crippen LogP contribution < -0.4 is 20.9 Å². The van der Waals surface area contributed by atoms with Crippen molar-refractivity contribution in [3.63, 3.8) is 0 Å². The fourth-order valence-corrected chi connectivity index (χ4v) is 5.35. The molecule has 35 heavy (non-hydrogen) atoms. The summed E-state index contributed by atoms with van der Waals surface area (Å²) in [5, 5.41) is 21.9. The van der Waals surface area contributed by atoms with Crippen LogP contribution in [0.4, 0.5) is 11.8 Å². The number of aliphatic hydroxyl groups excluding tert-OH is 1. The van der Waals surface area contributed by atoms with Crippen LogP contribution in [0.5, 0.6) is 0 Å². The fourth-order valence-electron chi connectivity index (χ4n) is 4.63. The molecule has 0 spiro atoms. The maximum absolute atomic E-state index is 12.7. The highest BCUT2D eigenvalue weighted by molar-refractivity contribution is 6.35. The Morgan fingerprint density at radius 3 is 2.69 bits per heavy atom. The molecule has 2 aliphatic rings. The van der Waals surface area contributed by atoms with Gasteiger partial charge in [-0.1, -0.05) is 40.9 Å². The Hall–Kier alpha value is -1.84. The molecule has 2 saturated heterocycles. The molecule has 0 bridgehead atoms. The predicted molar refractivity (Wildman–Crippen MR) is 141 cm³/mol. The first-order valence-corrected chi connectivity index (χ1v) is 12.9.